The Labute approximate surface area is 151 Å². The minimum Gasteiger partial charge on any atom is -0.306 e. The summed E-state index contributed by atoms with van der Waals surface area (Å²) in [6, 6.07) is 5.11. The number of benzene rings is 1. The van der Waals surface area contributed by atoms with Crippen molar-refractivity contribution < 1.29 is 18.1 Å². The van der Waals surface area contributed by atoms with Crippen LogP contribution in [0.3, 0.4) is 0 Å². The van der Waals surface area contributed by atoms with E-state index in [1.165, 1.54) is 18.2 Å². The van der Waals surface area contributed by atoms with Crippen LogP contribution in [0.25, 0.3) is 0 Å². The Bertz CT molecular complexity index is 813. The highest BCUT2D eigenvalue weighted by Crippen LogP contribution is 2.22. The number of nitro benzene ring substituents is 1. The summed E-state index contributed by atoms with van der Waals surface area (Å²) < 4.78 is 24.9. The molecule has 1 aliphatic rings. The quantitative estimate of drug-likeness (QED) is 0.565. The molecule has 0 aromatic heterocycles. The summed E-state index contributed by atoms with van der Waals surface area (Å²) in [5.74, 6) is -0.617. The van der Waals surface area contributed by atoms with Crippen molar-refractivity contribution >= 4 is 33.0 Å². The SMILES string of the molecule is CN1CCC(=NNC(=O)CN(c2cccc([N+](=O)[O-])c2)S(C)(=O)=O)CC1. The molecule has 1 heterocycles. The van der Waals surface area contributed by atoms with Gasteiger partial charge in [-0.05, 0) is 13.1 Å². The molecule has 0 radical (unpaired) electrons. The molecule has 1 aromatic rings. The Kier molecular flexibility index (Phi) is 6.27. The van der Waals surface area contributed by atoms with Crippen molar-refractivity contribution in [3.05, 3.63) is 34.4 Å². The summed E-state index contributed by atoms with van der Waals surface area (Å²) in [6.45, 7) is 1.17. The fourth-order valence-electron chi connectivity index (χ4n) is 2.46. The Morgan fingerprint density at radius 3 is 2.62 bits per heavy atom. The molecule has 0 bridgehead atoms. The van der Waals surface area contributed by atoms with Gasteiger partial charge in [-0.2, -0.15) is 5.10 Å². The Hall–Kier alpha value is -2.53. The molecule has 0 spiro atoms. The van der Waals surface area contributed by atoms with Gasteiger partial charge in [-0.1, -0.05) is 6.07 Å². The van der Waals surface area contributed by atoms with Gasteiger partial charge in [-0.3, -0.25) is 19.2 Å². The molecule has 11 heteroatoms. The number of nitrogens with zero attached hydrogens (tertiary/aromatic N) is 4. The largest absolute Gasteiger partial charge is 0.306 e. The van der Waals surface area contributed by atoms with E-state index in [-0.39, 0.29) is 11.4 Å². The average Bonchev–Trinajstić information content (AvgIpc) is 2.58. The fourth-order valence-corrected chi connectivity index (χ4v) is 3.31. The molecule has 1 fully saturated rings. The molecule has 2 rings (SSSR count). The second kappa shape index (κ2) is 8.23. The number of likely N-dealkylation sites (tertiary alicyclic amines) is 1. The lowest BCUT2D eigenvalue weighted by molar-refractivity contribution is -0.384. The van der Waals surface area contributed by atoms with Crippen LogP contribution in [-0.4, -0.2) is 62.8 Å². The summed E-state index contributed by atoms with van der Waals surface area (Å²) in [7, 11) is -1.81. The lowest BCUT2D eigenvalue weighted by Gasteiger charge is -2.23. The molecule has 1 aliphatic heterocycles. The Morgan fingerprint density at radius 1 is 1.38 bits per heavy atom. The highest BCUT2D eigenvalue weighted by atomic mass is 32.2. The predicted molar refractivity (Wildman–Crippen MR) is 97.6 cm³/mol. The van der Waals surface area contributed by atoms with Gasteiger partial charge in [-0.25, -0.2) is 13.8 Å². The van der Waals surface area contributed by atoms with Gasteiger partial charge in [0.2, 0.25) is 10.0 Å². The van der Waals surface area contributed by atoms with E-state index in [9.17, 15) is 23.3 Å². The van der Waals surface area contributed by atoms with Gasteiger partial charge in [0.25, 0.3) is 11.6 Å². The average molecular weight is 383 g/mol. The van der Waals surface area contributed by atoms with E-state index in [4.69, 9.17) is 0 Å². The maximum absolute atomic E-state index is 12.1. The number of nitrogens with one attached hydrogen (secondary N) is 1. The number of anilines is 1. The van der Waals surface area contributed by atoms with Crippen molar-refractivity contribution in [3.63, 3.8) is 0 Å². The van der Waals surface area contributed by atoms with Crippen LogP contribution in [0.15, 0.2) is 29.4 Å². The molecule has 26 heavy (non-hydrogen) atoms. The molecule has 142 valence electrons. The number of hydrogen-bond donors (Lipinski definition) is 1. The second-order valence-corrected chi connectivity index (χ2v) is 7.97. The zero-order valence-corrected chi connectivity index (χ0v) is 15.4. The van der Waals surface area contributed by atoms with Crippen molar-refractivity contribution in [1.82, 2.24) is 10.3 Å². The van der Waals surface area contributed by atoms with Crippen molar-refractivity contribution in [2.45, 2.75) is 12.8 Å². The normalized spacial score (nSPS) is 15.4. The highest BCUT2D eigenvalue weighted by molar-refractivity contribution is 7.92. The van der Waals surface area contributed by atoms with E-state index in [0.29, 0.717) is 0 Å². The van der Waals surface area contributed by atoms with Gasteiger partial charge in [-0.15, -0.1) is 0 Å². The third-order valence-corrected chi connectivity index (χ3v) is 5.06. The number of carbonyl (C=O) groups excluding carboxylic acids is 1. The molecule has 0 unspecified atom stereocenters. The van der Waals surface area contributed by atoms with E-state index >= 15 is 0 Å². The van der Waals surface area contributed by atoms with Crippen molar-refractivity contribution in [1.29, 1.82) is 0 Å². The lowest BCUT2D eigenvalue weighted by Crippen LogP contribution is -2.39. The van der Waals surface area contributed by atoms with Gasteiger partial charge in [0.15, 0.2) is 0 Å². The first kappa shape index (κ1) is 19.8. The molecule has 1 aromatic carbocycles. The van der Waals surface area contributed by atoms with Crippen LogP contribution in [0.5, 0.6) is 0 Å². The summed E-state index contributed by atoms with van der Waals surface area (Å²) in [5, 5.41) is 14.9. The number of rotatable bonds is 6. The van der Waals surface area contributed by atoms with E-state index in [0.717, 1.165) is 48.3 Å². The minimum absolute atomic E-state index is 0.0452. The number of amides is 1. The molecule has 1 N–H and O–H groups in total. The van der Waals surface area contributed by atoms with Crippen LogP contribution in [-0.2, 0) is 14.8 Å². The molecular weight excluding hydrogens is 362 g/mol. The molecule has 0 atom stereocenters. The Morgan fingerprint density at radius 2 is 2.04 bits per heavy atom. The number of piperidine rings is 1. The zero-order chi connectivity index (χ0) is 19.3. The highest BCUT2D eigenvalue weighted by Gasteiger charge is 2.22. The standard InChI is InChI=1S/C15H21N5O5S/c1-18-8-6-12(7-9-18)16-17-15(21)11-19(26(2,24)25)13-4-3-5-14(10-13)20(22)23/h3-5,10H,6-9,11H2,1-2H3,(H,17,21). The van der Waals surface area contributed by atoms with Crippen LogP contribution >= 0.6 is 0 Å². The van der Waals surface area contributed by atoms with Crippen LogP contribution < -0.4 is 9.73 Å². The van der Waals surface area contributed by atoms with Gasteiger partial charge < -0.3 is 4.90 Å². The minimum atomic E-state index is -3.81. The molecule has 0 aliphatic carbocycles. The zero-order valence-electron chi connectivity index (χ0n) is 14.6. The molecule has 1 amide bonds. The van der Waals surface area contributed by atoms with E-state index < -0.39 is 27.4 Å². The summed E-state index contributed by atoms with van der Waals surface area (Å²) in [6.07, 6.45) is 2.40. The van der Waals surface area contributed by atoms with E-state index in [2.05, 4.69) is 15.4 Å². The topological polar surface area (TPSA) is 125 Å². The first-order valence-electron chi connectivity index (χ1n) is 7.92. The van der Waals surface area contributed by atoms with Gasteiger partial charge >= 0.3 is 0 Å². The Balaban J connectivity index is 2.11. The predicted octanol–water partition coefficient (Wildman–Crippen LogP) is 0.559. The van der Waals surface area contributed by atoms with Crippen molar-refractivity contribution in [2.75, 3.05) is 37.2 Å². The molecular formula is C15H21N5O5S. The first-order valence-corrected chi connectivity index (χ1v) is 9.76. The van der Waals surface area contributed by atoms with Crippen molar-refractivity contribution in [2.24, 2.45) is 5.10 Å². The molecule has 10 nitrogen and oxygen atoms in total. The maximum Gasteiger partial charge on any atom is 0.271 e. The fraction of sp³-hybridized carbons (Fsp3) is 0.467. The number of non-ortho nitro benzene ring substituents is 1. The lowest BCUT2D eigenvalue weighted by atomic mass is 10.1. The van der Waals surface area contributed by atoms with Crippen molar-refractivity contribution in [3.8, 4) is 0 Å². The van der Waals surface area contributed by atoms with Crippen LogP contribution in [0.1, 0.15) is 12.8 Å². The third kappa shape index (κ3) is 5.49. The van der Waals surface area contributed by atoms with Crippen LogP contribution in [0, 0.1) is 10.1 Å². The second-order valence-electron chi connectivity index (χ2n) is 6.06. The molecule has 1 saturated heterocycles. The third-order valence-electron chi connectivity index (χ3n) is 3.92. The number of hydrogen-bond acceptors (Lipinski definition) is 7. The van der Waals surface area contributed by atoms with Gasteiger partial charge in [0.1, 0.15) is 6.54 Å². The first-order chi connectivity index (χ1) is 12.2. The number of nitro groups is 1. The summed E-state index contributed by atoms with van der Waals surface area (Å²) in [5.41, 5.74) is 3.00. The van der Waals surface area contributed by atoms with Gasteiger partial charge in [0, 0.05) is 43.8 Å². The number of sulfonamides is 1. The smallest absolute Gasteiger partial charge is 0.271 e. The van der Waals surface area contributed by atoms with E-state index in [1.807, 2.05) is 7.05 Å². The summed E-state index contributed by atoms with van der Waals surface area (Å²) in [4.78, 5) is 24.5. The number of carbonyl (C=O) groups is 1. The number of hydrazone groups is 1. The monoisotopic (exact) mass is 383 g/mol. The maximum atomic E-state index is 12.1. The summed E-state index contributed by atoms with van der Waals surface area (Å²) >= 11 is 0. The van der Waals surface area contributed by atoms with Crippen LogP contribution in [0.2, 0.25) is 0 Å². The van der Waals surface area contributed by atoms with E-state index in [1.54, 1.807) is 0 Å². The van der Waals surface area contributed by atoms with Crippen LogP contribution in [0.4, 0.5) is 11.4 Å². The molecule has 0 saturated carbocycles. The van der Waals surface area contributed by atoms with Gasteiger partial charge in [0.05, 0.1) is 16.9 Å².